The van der Waals surface area contributed by atoms with Crippen molar-refractivity contribution in [3.63, 3.8) is 0 Å². The van der Waals surface area contributed by atoms with Gasteiger partial charge in [0.2, 0.25) is 5.69 Å². The van der Waals surface area contributed by atoms with E-state index in [0.29, 0.717) is 0 Å². The first-order chi connectivity index (χ1) is 16.3. The van der Waals surface area contributed by atoms with Crippen molar-refractivity contribution in [2.24, 2.45) is 7.05 Å². The highest BCUT2D eigenvalue weighted by Gasteiger charge is 2.22. The molecule has 0 amide bonds. The second-order valence-corrected chi connectivity index (χ2v) is 9.92. The molecule has 0 atom stereocenters. The normalized spacial score (nSPS) is 11.9. The third kappa shape index (κ3) is 3.60. The van der Waals surface area contributed by atoms with Crippen LogP contribution < -0.4 is 4.57 Å². The van der Waals surface area contributed by atoms with Crippen LogP contribution in [0.3, 0.4) is 0 Å². The molecule has 2 aromatic heterocycles. The summed E-state index contributed by atoms with van der Waals surface area (Å²) in [7, 11) is 2.07. The Bertz CT molecular complexity index is 1510. The van der Waals surface area contributed by atoms with Gasteiger partial charge in [-0.25, -0.2) is 8.96 Å². The minimum Gasteiger partial charge on any atom is -0.455 e. The molecule has 34 heavy (non-hydrogen) atoms. The minimum absolute atomic E-state index is 0.0677. The zero-order valence-electron chi connectivity index (χ0n) is 20.7. The van der Waals surface area contributed by atoms with Gasteiger partial charge in [-0.1, -0.05) is 58.0 Å². The first kappa shape index (κ1) is 22.3. The number of aromatic nitrogens is 1. The number of fused-ring (bicyclic) bond motifs is 3. The number of para-hydroxylation sites is 1. The average Bonchev–Trinajstić information content (AvgIpc) is 3.18. The summed E-state index contributed by atoms with van der Waals surface area (Å²) in [5.74, 6) is 0.180. The highest BCUT2D eigenvalue weighted by Crippen LogP contribution is 2.37. The van der Waals surface area contributed by atoms with Crippen molar-refractivity contribution in [2.75, 3.05) is 0 Å². The third-order valence-corrected chi connectivity index (χ3v) is 6.85. The summed E-state index contributed by atoms with van der Waals surface area (Å²) in [6, 6.07) is 20.8. The molecule has 3 aromatic carbocycles. The number of hydrogen-bond donors (Lipinski definition) is 0. The van der Waals surface area contributed by atoms with Crippen LogP contribution in [0.4, 0.5) is 4.39 Å². The molecule has 0 radical (unpaired) electrons. The molecule has 0 fully saturated rings. The van der Waals surface area contributed by atoms with Crippen molar-refractivity contribution in [1.29, 1.82) is 0 Å². The highest BCUT2D eigenvalue weighted by atomic mass is 19.1. The molecular formula is C31H31FNO+. The average molecular weight is 453 g/mol. The molecule has 0 spiro atoms. The van der Waals surface area contributed by atoms with Crippen molar-refractivity contribution in [3.8, 4) is 22.4 Å². The minimum atomic E-state index is -0.0677. The van der Waals surface area contributed by atoms with Crippen molar-refractivity contribution in [1.82, 2.24) is 0 Å². The Morgan fingerprint density at radius 1 is 0.794 bits per heavy atom. The maximum absolute atomic E-state index is 15.1. The van der Waals surface area contributed by atoms with Crippen molar-refractivity contribution in [2.45, 2.75) is 46.5 Å². The first-order valence-corrected chi connectivity index (χ1v) is 12.0. The van der Waals surface area contributed by atoms with E-state index >= 15 is 4.39 Å². The number of nitrogens with zero attached hydrogens (tertiary/aromatic N) is 1. The van der Waals surface area contributed by atoms with Crippen LogP contribution in [0.25, 0.3) is 44.3 Å². The lowest BCUT2D eigenvalue weighted by Crippen LogP contribution is -2.31. The summed E-state index contributed by atoms with van der Waals surface area (Å²) >= 11 is 0. The van der Waals surface area contributed by atoms with E-state index in [0.717, 1.165) is 55.4 Å². The molecule has 0 saturated carbocycles. The van der Waals surface area contributed by atoms with Crippen LogP contribution in [0.2, 0.25) is 0 Å². The van der Waals surface area contributed by atoms with Gasteiger partial charge in [-0.2, -0.15) is 0 Å². The fourth-order valence-corrected chi connectivity index (χ4v) is 4.92. The monoisotopic (exact) mass is 452 g/mol. The predicted molar refractivity (Wildman–Crippen MR) is 139 cm³/mol. The smallest absolute Gasteiger partial charge is 0.216 e. The van der Waals surface area contributed by atoms with Gasteiger partial charge < -0.3 is 4.42 Å². The van der Waals surface area contributed by atoms with Crippen molar-refractivity contribution >= 4 is 21.9 Å². The largest absolute Gasteiger partial charge is 0.455 e. The van der Waals surface area contributed by atoms with Crippen LogP contribution in [0.1, 0.15) is 56.2 Å². The molecule has 5 rings (SSSR count). The van der Waals surface area contributed by atoms with Gasteiger partial charge in [0.05, 0.1) is 5.56 Å². The summed E-state index contributed by atoms with van der Waals surface area (Å²) in [6.45, 7) is 10.3. The molecule has 0 bridgehead atoms. The van der Waals surface area contributed by atoms with Gasteiger partial charge in [0, 0.05) is 22.4 Å². The summed E-state index contributed by atoms with van der Waals surface area (Å²) < 4.78 is 23.6. The first-order valence-electron chi connectivity index (χ1n) is 12.0. The molecule has 0 aliphatic heterocycles. The van der Waals surface area contributed by atoms with Gasteiger partial charge in [-0.3, -0.25) is 0 Å². The van der Waals surface area contributed by atoms with Crippen molar-refractivity contribution in [3.05, 3.63) is 89.4 Å². The van der Waals surface area contributed by atoms with Gasteiger partial charge in [-0.15, -0.1) is 0 Å². The quantitative estimate of drug-likeness (QED) is 0.250. The SMILES string of the molecule is Cc1ccc2c(oc3ccccc32)c1-c1ccc(-c2cc(C(C)C)c(F)c(C(C)C)c2)c[n+]1C. The van der Waals surface area contributed by atoms with E-state index in [1.54, 1.807) is 0 Å². The number of rotatable bonds is 4. The fourth-order valence-electron chi connectivity index (χ4n) is 4.92. The standard InChI is InChI=1S/C31H31FNO/c1-18(2)25-15-22(16-26(19(3)4)30(25)32)21-12-14-27(33(6)17-21)29-20(5)11-13-24-23-9-7-8-10-28(23)34-31(24)29/h7-19H,1-6H3/q+1. The number of hydrogen-bond acceptors (Lipinski definition) is 1. The summed E-state index contributed by atoms with van der Waals surface area (Å²) in [5, 5.41) is 2.26. The Kier molecular flexibility index (Phi) is 5.51. The van der Waals surface area contributed by atoms with Gasteiger partial charge in [0.15, 0.2) is 6.20 Å². The number of halogens is 1. The number of aryl methyl sites for hydroxylation is 2. The lowest BCUT2D eigenvalue weighted by molar-refractivity contribution is -0.659. The van der Waals surface area contributed by atoms with E-state index in [4.69, 9.17) is 4.42 Å². The van der Waals surface area contributed by atoms with Gasteiger partial charge in [-0.05, 0) is 65.3 Å². The van der Waals surface area contributed by atoms with Crippen LogP contribution in [0.15, 0.2) is 71.3 Å². The lowest BCUT2D eigenvalue weighted by Gasteiger charge is -2.16. The van der Waals surface area contributed by atoms with E-state index in [1.807, 2.05) is 58.0 Å². The number of pyridine rings is 1. The lowest BCUT2D eigenvalue weighted by atomic mass is 9.90. The highest BCUT2D eigenvalue weighted by molar-refractivity contribution is 6.09. The van der Waals surface area contributed by atoms with E-state index in [-0.39, 0.29) is 17.7 Å². The van der Waals surface area contributed by atoms with E-state index in [9.17, 15) is 0 Å². The third-order valence-electron chi connectivity index (χ3n) is 6.85. The second kappa shape index (κ2) is 8.39. The van der Waals surface area contributed by atoms with Crippen LogP contribution >= 0.6 is 0 Å². The molecule has 0 unspecified atom stereocenters. The predicted octanol–water partition coefficient (Wildman–Crippen LogP) is 8.44. The molecule has 2 nitrogen and oxygen atoms in total. The van der Waals surface area contributed by atoms with Crippen LogP contribution in [0, 0.1) is 12.7 Å². The fraction of sp³-hybridized carbons (Fsp3) is 0.258. The summed E-state index contributed by atoms with van der Waals surface area (Å²) in [4.78, 5) is 0. The maximum atomic E-state index is 15.1. The van der Waals surface area contributed by atoms with Crippen LogP contribution in [0.5, 0.6) is 0 Å². The van der Waals surface area contributed by atoms with Crippen molar-refractivity contribution < 1.29 is 13.4 Å². The van der Waals surface area contributed by atoms with E-state index < -0.39 is 0 Å². The second-order valence-electron chi connectivity index (χ2n) is 9.92. The Morgan fingerprint density at radius 3 is 2.12 bits per heavy atom. The van der Waals surface area contributed by atoms with Crippen LogP contribution in [-0.2, 0) is 7.05 Å². The number of benzene rings is 3. The zero-order chi connectivity index (χ0) is 24.1. The molecular weight excluding hydrogens is 421 g/mol. The van der Waals surface area contributed by atoms with E-state index in [2.05, 4.69) is 55.1 Å². The molecule has 5 aromatic rings. The molecule has 3 heteroatoms. The maximum Gasteiger partial charge on any atom is 0.216 e. The molecule has 0 aliphatic rings. The Hall–Kier alpha value is -3.46. The van der Waals surface area contributed by atoms with Gasteiger partial charge in [0.1, 0.15) is 24.0 Å². The zero-order valence-corrected chi connectivity index (χ0v) is 20.7. The van der Waals surface area contributed by atoms with Crippen LogP contribution in [-0.4, -0.2) is 0 Å². The van der Waals surface area contributed by atoms with Gasteiger partial charge >= 0.3 is 0 Å². The molecule has 2 heterocycles. The Balaban J connectivity index is 1.68. The molecule has 0 aliphatic carbocycles. The Morgan fingerprint density at radius 2 is 1.47 bits per heavy atom. The summed E-state index contributed by atoms with van der Waals surface area (Å²) in [5.41, 5.74) is 8.84. The summed E-state index contributed by atoms with van der Waals surface area (Å²) in [6.07, 6.45) is 2.14. The number of furan rings is 1. The van der Waals surface area contributed by atoms with Gasteiger partial charge in [0.25, 0.3) is 0 Å². The Labute approximate surface area is 200 Å². The van der Waals surface area contributed by atoms with E-state index in [1.165, 1.54) is 5.56 Å². The molecule has 172 valence electrons. The topological polar surface area (TPSA) is 17.0 Å². The molecule has 0 N–H and O–H groups in total. The molecule has 0 saturated heterocycles.